The van der Waals surface area contributed by atoms with Gasteiger partial charge in [0.1, 0.15) is 5.38 Å². The molecule has 1 aliphatic rings. The lowest BCUT2D eigenvalue weighted by atomic mass is 9.93. The molecule has 0 radical (unpaired) electrons. The lowest BCUT2D eigenvalue weighted by molar-refractivity contribution is -0.118. The van der Waals surface area contributed by atoms with Gasteiger partial charge in [-0.3, -0.25) is 4.79 Å². The zero-order valence-corrected chi connectivity index (χ0v) is 11.6. The number of alkyl halides is 1. The molecule has 2 rings (SSSR count). The van der Waals surface area contributed by atoms with Gasteiger partial charge < -0.3 is 4.90 Å². The number of para-hydroxylation sites is 1. The van der Waals surface area contributed by atoms with E-state index in [9.17, 15) is 4.79 Å². The molecule has 1 amide bonds. The molecule has 0 spiro atoms. The molecule has 1 aliphatic carbocycles. The Morgan fingerprint density at radius 3 is 2.39 bits per heavy atom. The first-order chi connectivity index (χ1) is 8.70. The minimum absolute atomic E-state index is 0.0229. The summed E-state index contributed by atoms with van der Waals surface area (Å²) in [6.45, 7) is 1.75. The normalized spacial score (nSPS) is 18.3. The van der Waals surface area contributed by atoms with Gasteiger partial charge in [0.15, 0.2) is 0 Å². The van der Waals surface area contributed by atoms with E-state index in [-0.39, 0.29) is 5.91 Å². The maximum Gasteiger partial charge on any atom is 0.245 e. The Bertz CT molecular complexity index is 385. The standard InChI is InChI=1S/C15H20ClNO/c1-12(16)15(18)17(13-8-4-2-5-9-13)14-10-6-3-7-11-14/h2,4-5,8-9,12,14H,3,6-7,10-11H2,1H3/t12-/m0/s1. The smallest absolute Gasteiger partial charge is 0.245 e. The van der Waals surface area contributed by atoms with Crippen molar-refractivity contribution in [1.29, 1.82) is 0 Å². The van der Waals surface area contributed by atoms with E-state index in [2.05, 4.69) is 0 Å². The zero-order valence-electron chi connectivity index (χ0n) is 10.8. The number of benzene rings is 1. The van der Waals surface area contributed by atoms with E-state index in [0.717, 1.165) is 18.5 Å². The summed E-state index contributed by atoms with van der Waals surface area (Å²) in [5, 5.41) is -0.466. The van der Waals surface area contributed by atoms with Gasteiger partial charge in [-0.05, 0) is 31.9 Å². The van der Waals surface area contributed by atoms with E-state index >= 15 is 0 Å². The monoisotopic (exact) mass is 265 g/mol. The number of carbonyl (C=O) groups is 1. The Labute approximate surface area is 114 Å². The van der Waals surface area contributed by atoms with Crippen molar-refractivity contribution in [3.8, 4) is 0 Å². The molecule has 0 heterocycles. The van der Waals surface area contributed by atoms with Crippen molar-refractivity contribution in [2.24, 2.45) is 0 Å². The third-order valence-electron chi connectivity index (χ3n) is 3.55. The van der Waals surface area contributed by atoms with Crippen molar-refractivity contribution >= 4 is 23.2 Å². The van der Waals surface area contributed by atoms with Gasteiger partial charge in [-0.1, -0.05) is 37.5 Å². The number of hydrogen-bond donors (Lipinski definition) is 0. The maximum absolute atomic E-state index is 12.3. The lowest BCUT2D eigenvalue weighted by Crippen LogP contribution is -2.44. The Morgan fingerprint density at radius 2 is 1.83 bits per heavy atom. The average Bonchev–Trinajstić information content (AvgIpc) is 2.41. The van der Waals surface area contributed by atoms with E-state index in [1.54, 1.807) is 6.92 Å². The molecule has 1 saturated carbocycles. The van der Waals surface area contributed by atoms with Crippen LogP contribution in [0.15, 0.2) is 30.3 Å². The van der Waals surface area contributed by atoms with Crippen LogP contribution in [-0.2, 0) is 4.79 Å². The summed E-state index contributed by atoms with van der Waals surface area (Å²) >= 11 is 6.00. The number of amides is 1. The first-order valence-corrected chi connectivity index (χ1v) is 7.16. The highest BCUT2D eigenvalue weighted by Gasteiger charge is 2.28. The second-order valence-corrected chi connectivity index (χ2v) is 5.61. The van der Waals surface area contributed by atoms with Crippen LogP contribution in [0.25, 0.3) is 0 Å². The molecule has 1 atom stereocenters. The quantitative estimate of drug-likeness (QED) is 0.757. The van der Waals surface area contributed by atoms with Crippen LogP contribution in [0.3, 0.4) is 0 Å². The van der Waals surface area contributed by atoms with Crippen molar-refractivity contribution in [2.75, 3.05) is 4.90 Å². The van der Waals surface area contributed by atoms with Crippen LogP contribution in [0.1, 0.15) is 39.0 Å². The number of nitrogens with zero attached hydrogens (tertiary/aromatic N) is 1. The highest BCUT2D eigenvalue weighted by atomic mass is 35.5. The SMILES string of the molecule is C[C@H](Cl)C(=O)N(c1ccccc1)C1CCCCC1. The molecule has 0 unspecified atom stereocenters. The molecule has 0 bridgehead atoms. The Morgan fingerprint density at radius 1 is 1.22 bits per heavy atom. The molecule has 0 aromatic heterocycles. The Balaban J connectivity index is 2.25. The van der Waals surface area contributed by atoms with Crippen molar-refractivity contribution in [1.82, 2.24) is 0 Å². The first-order valence-electron chi connectivity index (χ1n) is 6.72. The molecule has 2 nitrogen and oxygen atoms in total. The van der Waals surface area contributed by atoms with Gasteiger partial charge in [-0.25, -0.2) is 0 Å². The van der Waals surface area contributed by atoms with E-state index in [0.29, 0.717) is 6.04 Å². The van der Waals surface area contributed by atoms with Crippen LogP contribution in [0.2, 0.25) is 0 Å². The third kappa shape index (κ3) is 3.05. The largest absolute Gasteiger partial charge is 0.308 e. The van der Waals surface area contributed by atoms with Gasteiger partial charge in [-0.2, -0.15) is 0 Å². The van der Waals surface area contributed by atoms with Crippen molar-refractivity contribution < 1.29 is 4.79 Å². The minimum atomic E-state index is -0.466. The molecule has 1 aromatic carbocycles. The lowest BCUT2D eigenvalue weighted by Gasteiger charge is -2.35. The molecular weight excluding hydrogens is 246 g/mol. The molecule has 18 heavy (non-hydrogen) atoms. The summed E-state index contributed by atoms with van der Waals surface area (Å²) in [5.74, 6) is 0.0229. The van der Waals surface area contributed by atoms with Gasteiger partial charge in [0, 0.05) is 11.7 Å². The van der Waals surface area contributed by atoms with Crippen LogP contribution >= 0.6 is 11.6 Å². The fourth-order valence-electron chi connectivity index (χ4n) is 2.64. The maximum atomic E-state index is 12.3. The first kappa shape index (κ1) is 13.4. The van der Waals surface area contributed by atoms with Crippen LogP contribution in [0.5, 0.6) is 0 Å². The summed E-state index contributed by atoms with van der Waals surface area (Å²) in [7, 11) is 0. The molecule has 98 valence electrons. The molecule has 3 heteroatoms. The fraction of sp³-hybridized carbons (Fsp3) is 0.533. The molecule has 0 N–H and O–H groups in total. The van der Waals surface area contributed by atoms with E-state index < -0.39 is 5.38 Å². The second-order valence-electron chi connectivity index (χ2n) is 4.95. The van der Waals surface area contributed by atoms with E-state index in [1.165, 1.54) is 19.3 Å². The summed E-state index contributed by atoms with van der Waals surface area (Å²) in [5.41, 5.74) is 0.974. The molecule has 0 aliphatic heterocycles. The minimum Gasteiger partial charge on any atom is -0.308 e. The third-order valence-corrected chi connectivity index (χ3v) is 3.74. The predicted octanol–water partition coefficient (Wildman–Crippen LogP) is 3.98. The highest BCUT2D eigenvalue weighted by Crippen LogP contribution is 2.28. The van der Waals surface area contributed by atoms with Gasteiger partial charge in [0.05, 0.1) is 0 Å². The molecule has 0 saturated heterocycles. The Hall–Kier alpha value is -1.02. The summed E-state index contributed by atoms with van der Waals surface area (Å²) in [4.78, 5) is 14.3. The van der Waals surface area contributed by atoms with Crippen LogP contribution in [0.4, 0.5) is 5.69 Å². The van der Waals surface area contributed by atoms with Crippen LogP contribution < -0.4 is 4.90 Å². The van der Waals surface area contributed by atoms with Crippen LogP contribution in [0, 0.1) is 0 Å². The number of hydrogen-bond acceptors (Lipinski definition) is 1. The molecular formula is C15H20ClNO. The number of rotatable bonds is 3. The fourth-order valence-corrected chi connectivity index (χ4v) is 2.74. The molecule has 1 aromatic rings. The molecule has 1 fully saturated rings. The zero-order chi connectivity index (χ0) is 13.0. The number of halogens is 1. The van der Waals surface area contributed by atoms with Gasteiger partial charge in [-0.15, -0.1) is 11.6 Å². The van der Waals surface area contributed by atoms with Gasteiger partial charge in [0.2, 0.25) is 5.91 Å². The summed E-state index contributed by atoms with van der Waals surface area (Å²) < 4.78 is 0. The van der Waals surface area contributed by atoms with Crippen molar-refractivity contribution in [2.45, 2.75) is 50.4 Å². The highest BCUT2D eigenvalue weighted by molar-refractivity contribution is 6.32. The topological polar surface area (TPSA) is 20.3 Å². The van der Waals surface area contributed by atoms with E-state index in [1.807, 2.05) is 35.2 Å². The van der Waals surface area contributed by atoms with Crippen LogP contribution in [-0.4, -0.2) is 17.3 Å². The van der Waals surface area contributed by atoms with E-state index in [4.69, 9.17) is 11.6 Å². The average molecular weight is 266 g/mol. The Kier molecular flexibility index (Phi) is 4.65. The van der Waals surface area contributed by atoms with Crippen molar-refractivity contribution in [3.63, 3.8) is 0 Å². The summed E-state index contributed by atoms with van der Waals surface area (Å²) in [6.07, 6.45) is 5.87. The summed E-state index contributed by atoms with van der Waals surface area (Å²) in [6, 6.07) is 10.2. The number of carbonyl (C=O) groups excluding carboxylic acids is 1. The number of anilines is 1. The van der Waals surface area contributed by atoms with Gasteiger partial charge in [0.25, 0.3) is 0 Å². The predicted molar refractivity (Wildman–Crippen MR) is 76.1 cm³/mol. The second kappa shape index (κ2) is 6.24. The van der Waals surface area contributed by atoms with Crippen molar-refractivity contribution in [3.05, 3.63) is 30.3 Å². The van der Waals surface area contributed by atoms with Gasteiger partial charge >= 0.3 is 0 Å².